The fourth-order valence-electron chi connectivity index (χ4n) is 3.48. The molecule has 0 aromatic carbocycles. The third-order valence-electron chi connectivity index (χ3n) is 4.78. The normalized spacial score (nSPS) is 19.0. The van der Waals surface area contributed by atoms with E-state index in [-0.39, 0.29) is 29.0 Å². The molecule has 7 nitrogen and oxygen atoms in total. The summed E-state index contributed by atoms with van der Waals surface area (Å²) in [7, 11) is 0. The Morgan fingerprint density at radius 2 is 2.07 bits per heavy atom. The topological polar surface area (TPSA) is 97.4 Å². The molecule has 0 aliphatic heterocycles. The number of amides is 2. The SMILES string of the molecule is Cc1cc(NC(=O)C(C)SCC(=O)NC2CC(C)(C)Cc3oc(C)cc32)no1. The van der Waals surface area contributed by atoms with E-state index in [0.717, 1.165) is 29.9 Å². The number of fused-ring (bicyclic) bond motifs is 1. The molecule has 8 heteroatoms. The quantitative estimate of drug-likeness (QED) is 0.759. The number of carbonyl (C=O) groups is 2. The minimum Gasteiger partial charge on any atom is -0.466 e. The maximum Gasteiger partial charge on any atom is 0.238 e. The third kappa shape index (κ3) is 4.98. The summed E-state index contributed by atoms with van der Waals surface area (Å²) >= 11 is 1.29. The van der Waals surface area contributed by atoms with E-state index in [1.54, 1.807) is 19.9 Å². The van der Waals surface area contributed by atoms with Crippen molar-refractivity contribution in [2.75, 3.05) is 11.1 Å². The Morgan fingerprint density at radius 3 is 2.75 bits per heavy atom. The van der Waals surface area contributed by atoms with Crippen molar-refractivity contribution in [3.63, 3.8) is 0 Å². The van der Waals surface area contributed by atoms with Gasteiger partial charge in [0, 0.05) is 18.1 Å². The predicted molar refractivity (Wildman–Crippen MR) is 108 cm³/mol. The van der Waals surface area contributed by atoms with Crippen LogP contribution < -0.4 is 10.6 Å². The van der Waals surface area contributed by atoms with Gasteiger partial charge in [-0.3, -0.25) is 9.59 Å². The van der Waals surface area contributed by atoms with Gasteiger partial charge in [-0.15, -0.1) is 11.8 Å². The van der Waals surface area contributed by atoms with E-state index >= 15 is 0 Å². The molecule has 0 radical (unpaired) electrons. The van der Waals surface area contributed by atoms with Gasteiger partial charge in [-0.2, -0.15) is 0 Å². The smallest absolute Gasteiger partial charge is 0.238 e. The van der Waals surface area contributed by atoms with Gasteiger partial charge in [0.1, 0.15) is 17.3 Å². The number of anilines is 1. The first kappa shape index (κ1) is 20.5. The molecule has 2 heterocycles. The van der Waals surface area contributed by atoms with Crippen LogP contribution in [0.25, 0.3) is 0 Å². The lowest BCUT2D eigenvalue weighted by Crippen LogP contribution is -2.37. The molecule has 3 rings (SSSR count). The molecular formula is C20H27N3O4S. The summed E-state index contributed by atoms with van der Waals surface area (Å²) in [6.07, 6.45) is 1.73. The van der Waals surface area contributed by atoms with Crippen LogP contribution in [0, 0.1) is 19.3 Å². The van der Waals surface area contributed by atoms with Crippen molar-refractivity contribution in [3.8, 4) is 0 Å². The number of hydrogen-bond acceptors (Lipinski definition) is 6. The molecule has 0 spiro atoms. The van der Waals surface area contributed by atoms with E-state index in [9.17, 15) is 9.59 Å². The molecule has 0 saturated carbocycles. The molecule has 28 heavy (non-hydrogen) atoms. The number of hydrogen-bond donors (Lipinski definition) is 2. The minimum absolute atomic E-state index is 0.0608. The van der Waals surface area contributed by atoms with E-state index in [2.05, 4.69) is 29.6 Å². The lowest BCUT2D eigenvalue weighted by molar-refractivity contribution is -0.119. The standard InChI is InChI=1S/C20H27N3O4S/c1-11-6-14-15(8-20(4,5)9-16(14)26-11)21-18(24)10-28-13(3)19(25)22-17-7-12(2)27-23-17/h6-7,13,15H,8-10H2,1-5H3,(H,21,24)(H,22,23,25). The first-order chi connectivity index (χ1) is 13.1. The summed E-state index contributed by atoms with van der Waals surface area (Å²) in [6.45, 7) is 9.81. The molecule has 2 aromatic heterocycles. The van der Waals surface area contributed by atoms with Crippen molar-refractivity contribution in [1.82, 2.24) is 10.5 Å². The van der Waals surface area contributed by atoms with Crippen molar-refractivity contribution < 1.29 is 18.5 Å². The molecule has 0 bridgehead atoms. The van der Waals surface area contributed by atoms with Crippen LogP contribution in [0.5, 0.6) is 0 Å². The lowest BCUT2D eigenvalue weighted by Gasteiger charge is -2.34. The van der Waals surface area contributed by atoms with Gasteiger partial charge in [0.15, 0.2) is 5.82 Å². The van der Waals surface area contributed by atoms with Crippen LogP contribution in [0.2, 0.25) is 0 Å². The number of furan rings is 1. The zero-order chi connectivity index (χ0) is 20.5. The minimum atomic E-state index is -0.391. The number of nitrogens with zero attached hydrogens (tertiary/aromatic N) is 1. The molecule has 1 aliphatic rings. The van der Waals surface area contributed by atoms with E-state index in [1.165, 1.54) is 11.8 Å². The second-order valence-corrected chi connectivity index (χ2v) is 9.50. The number of rotatable bonds is 6. The van der Waals surface area contributed by atoms with Crippen LogP contribution in [-0.2, 0) is 16.0 Å². The van der Waals surface area contributed by atoms with Crippen LogP contribution in [0.4, 0.5) is 5.82 Å². The van der Waals surface area contributed by atoms with Crippen LogP contribution >= 0.6 is 11.8 Å². The van der Waals surface area contributed by atoms with Gasteiger partial charge in [-0.25, -0.2) is 0 Å². The number of aryl methyl sites for hydroxylation is 2. The molecule has 2 N–H and O–H groups in total. The van der Waals surface area contributed by atoms with Gasteiger partial charge >= 0.3 is 0 Å². The van der Waals surface area contributed by atoms with Gasteiger partial charge in [0.25, 0.3) is 0 Å². The molecule has 2 aromatic rings. The highest BCUT2D eigenvalue weighted by atomic mass is 32.2. The Labute approximate surface area is 169 Å². The van der Waals surface area contributed by atoms with Gasteiger partial charge in [0.05, 0.1) is 17.0 Å². The summed E-state index contributed by atoms with van der Waals surface area (Å²) in [5.41, 5.74) is 1.13. The van der Waals surface area contributed by atoms with E-state index in [4.69, 9.17) is 8.94 Å². The molecule has 0 fully saturated rings. The summed E-state index contributed by atoms with van der Waals surface area (Å²) in [4.78, 5) is 24.7. The van der Waals surface area contributed by atoms with Crippen LogP contribution in [0.15, 0.2) is 21.1 Å². The van der Waals surface area contributed by atoms with Crippen molar-refractivity contribution >= 4 is 29.4 Å². The molecule has 2 unspecified atom stereocenters. The maximum absolute atomic E-state index is 12.5. The zero-order valence-electron chi connectivity index (χ0n) is 16.9. The van der Waals surface area contributed by atoms with Gasteiger partial charge in [-0.05, 0) is 38.7 Å². The molecule has 2 atom stereocenters. The molecular weight excluding hydrogens is 378 g/mol. The fourth-order valence-corrected chi connectivity index (χ4v) is 4.17. The van der Waals surface area contributed by atoms with Gasteiger partial charge < -0.3 is 19.6 Å². The Hall–Kier alpha value is -2.22. The molecule has 1 aliphatic carbocycles. The lowest BCUT2D eigenvalue weighted by atomic mass is 9.75. The molecule has 152 valence electrons. The monoisotopic (exact) mass is 405 g/mol. The Bertz CT molecular complexity index is 871. The van der Waals surface area contributed by atoms with Crippen molar-refractivity contribution in [3.05, 3.63) is 35.0 Å². The van der Waals surface area contributed by atoms with Crippen LogP contribution in [0.3, 0.4) is 0 Å². The average Bonchev–Trinajstić information content (AvgIpc) is 3.16. The molecule has 2 amide bonds. The van der Waals surface area contributed by atoms with Crippen molar-refractivity contribution in [1.29, 1.82) is 0 Å². The summed E-state index contributed by atoms with van der Waals surface area (Å²) in [6, 6.07) is 3.60. The first-order valence-corrected chi connectivity index (χ1v) is 10.4. The number of carbonyl (C=O) groups excluding carboxylic acids is 2. The van der Waals surface area contributed by atoms with E-state index in [0.29, 0.717) is 11.6 Å². The molecule has 0 saturated heterocycles. The average molecular weight is 406 g/mol. The second kappa shape index (κ2) is 8.03. The summed E-state index contributed by atoms with van der Waals surface area (Å²) in [5.74, 6) is 2.74. The number of nitrogens with one attached hydrogen (secondary N) is 2. The highest BCUT2D eigenvalue weighted by Gasteiger charge is 2.35. The highest BCUT2D eigenvalue weighted by molar-refractivity contribution is 8.01. The maximum atomic E-state index is 12.5. The Kier molecular flexibility index (Phi) is 5.88. The van der Waals surface area contributed by atoms with E-state index in [1.807, 2.05) is 13.0 Å². The Morgan fingerprint density at radius 1 is 1.32 bits per heavy atom. The van der Waals surface area contributed by atoms with Gasteiger partial charge in [0.2, 0.25) is 11.8 Å². The zero-order valence-corrected chi connectivity index (χ0v) is 17.7. The largest absolute Gasteiger partial charge is 0.466 e. The predicted octanol–water partition coefficient (Wildman–Crippen LogP) is 3.77. The fraction of sp³-hybridized carbons (Fsp3) is 0.550. The summed E-state index contributed by atoms with van der Waals surface area (Å²) < 4.78 is 10.8. The summed E-state index contributed by atoms with van der Waals surface area (Å²) in [5, 5.41) is 9.15. The van der Waals surface area contributed by atoms with E-state index < -0.39 is 5.25 Å². The first-order valence-electron chi connectivity index (χ1n) is 9.37. The number of thioether (sulfide) groups is 1. The van der Waals surface area contributed by atoms with Crippen LogP contribution in [-0.4, -0.2) is 28.0 Å². The third-order valence-corrected chi connectivity index (χ3v) is 5.93. The van der Waals surface area contributed by atoms with Crippen molar-refractivity contribution in [2.24, 2.45) is 5.41 Å². The van der Waals surface area contributed by atoms with Gasteiger partial charge in [-0.1, -0.05) is 19.0 Å². The number of aromatic nitrogens is 1. The second-order valence-electron chi connectivity index (χ2n) is 8.17. The van der Waals surface area contributed by atoms with Crippen molar-refractivity contribution in [2.45, 2.75) is 58.8 Å². The highest BCUT2D eigenvalue weighted by Crippen LogP contribution is 2.42. The van der Waals surface area contributed by atoms with Crippen LogP contribution in [0.1, 0.15) is 56.1 Å². The Balaban J connectivity index is 1.53.